The SMILES string of the molecule is CCc1nnc(NC2CCC3(CCCC3)CC2)s1. The van der Waals surface area contributed by atoms with E-state index in [0.717, 1.165) is 22.0 Å². The highest BCUT2D eigenvalue weighted by Crippen LogP contribution is 2.49. The Morgan fingerprint density at radius 1 is 1.17 bits per heavy atom. The van der Waals surface area contributed by atoms with Crippen LogP contribution in [-0.4, -0.2) is 16.2 Å². The molecule has 3 nitrogen and oxygen atoms in total. The van der Waals surface area contributed by atoms with Gasteiger partial charge in [0.1, 0.15) is 5.01 Å². The number of nitrogens with zero attached hydrogens (tertiary/aromatic N) is 2. The number of nitrogens with one attached hydrogen (secondary N) is 1. The molecule has 2 fully saturated rings. The van der Waals surface area contributed by atoms with Crippen LogP contribution in [0.5, 0.6) is 0 Å². The summed E-state index contributed by atoms with van der Waals surface area (Å²) in [6.07, 6.45) is 12.4. The number of aryl methyl sites for hydroxylation is 1. The zero-order valence-corrected chi connectivity index (χ0v) is 12.1. The van der Waals surface area contributed by atoms with Crippen molar-refractivity contribution in [2.75, 3.05) is 5.32 Å². The molecule has 4 heteroatoms. The molecule has 0 bridgehead atoms. The highest BCUT2D eigenvalue weighted by atomic mass is 32.1. The first kappa shape index (κ1) is 12.4. The van der Waals surface area contributed by atoms with Crippen LogP contribution in [0.2, 0.25) is 0 Å². The van der Waals surface area contributed by atoms with Gasteiger partial charge in [-0.25, -0.2) is 0 Å². The molecule has 100 valence electrons. The third kappa shape index (κ3) is 2.53. The van der Waals surface area contributed by atoms with Crippen LogP contribution in [0, 0.1) is 5.41 Å². The van der Waals surface area contributed by atoms with Crippen molar-refractivity contribution in [3.63, 3.8) is 0 Å². The van der Waals surface area contributed by atoms with Crippen LogP contribution < -0.4 is 5.32 Å². The summed E-state index contributed by atoms with van der Waals surface area (Å²) in [6, 6.07) is 0.633. The molecular formula is C14H23N3S. The second-order valence-corrected chi connectivity index (χ2v) is 7.04. The van der Waals surface area contributed by atoms with Crippen molar-refractivity contribution in [3.8, 4) is 0 Å². The minimum atomic E-state index is 0.633. The van der Waals surface area contributed by atoms with E-state index in [2.05, 4.69) is 22.4 Å². The van der Waals surface area contributed by atoms with Gasteiger partial charge in [0.2, 0.25) is 5.13 Å². The average Bonchev–Trinajstić information content (AvgIpc) is 3.02. The van der Waals surface area contributed by atoms with Crippen LogP contribution in [0.3, 0.4) is 0 Å². The predicted octanol–water partition coefficient (Wildman–Crippen LogP) is 4.02. The highest BCUT2D eigenvalue weighted by molar-refractivity contribution is 7.15. The van der Waals surface area contributed by atoms with E-state index in [1.807, 2.05) is 0 Å². The van der Waals surface area contributed by atoms with Gasteiger partial charge >= 0.3 is 0 Å². The minimum absolute atomic E-state index is 0.633. The van der Waals surface area contributed by atoms with E-state index >= 15 is 0 Å². The molecule has 0 amide bonds. The zero-order chi connectivity index (χ0) is 12.4. The summed E-state index contributed by atoms with van der Waals surface area (Å²) in [5, 5.41) is 14.2. The lowest BCUT2D eigenvalue weighted by Gasteiger charge is -2.37. The Hall–Kier alpha value is -0.640. The molecule has 0 atom stereocenters. The van der Waals surface area contributed by atoms with Crippen molar-refractivity contribution >= 4 is 16.5 Å². The smallest absolute Gasteiger partial charge is 0.205 e. The lowest BCUT2D eigenvalue weighted by Crippen LogP contribution is -2.31. The van der Waals surface area contributed by atoms with Gasteiger partial charge in [0.15, 0.2) is 0 Å². The molecular weight excluding hydrogens is 242 g/mol. The number of hydrogen-bond acceptors (Lipinski definition) is 4. The molecule has 0 unspecified atom stereocenters. The Balaban J connectivity index is 1.53. The van der Waals surface area contributed by atoms with Gasteiger partial charge in [-0.3, -0.25) is 0 Å². The van der Waals surface area contributed by atoms with E-state index in [4.69, 9.17) is 0 Å². The number of anilines is 1. The summed E-state index contributed by atoms with van der Waals surface area (Å²) in [6.45, 7) is 2.13. The molecule has 2 aliphatic rings. The fourth-order valence-corrected chi connectivity index (χ4v) is 4.39. The van der Waals surface area contributed by atoms with Gasteiger partial charge in [0, 0.05) is 6.04 Å². The molecule has 1 heterocycles. The van der Waals surface area contributed by atoms with Gasteiger partial charge in [-0.2, -0.15) is 0 Å². The first-order valence-corrected chi connectivity index (χ1v) is 8.20. The number of hydrogen-bond donors (Lipinski definition) is 1. The Kier molecular flexibility index (Phi) is 3.55. The summed E-state index contributed by atoms with van der Waals surface area (Å²) in [4.78, 5) is 0. The van der Waals surface area contributed by atoms with Crippen molar-refractivity contribution in [3.05, 3.63) is 5.01 Å². The molecule has 0 aromatic carbocycles. The second kappa shape index (κ2) is 5.16. The van der Waals surface area contributed by atoms with Gasteiger partial charge in [-0.1, -0.05) is 31.1 Å². The minimum Gasteiger partial charge on any atom is -0.357 e. The Morgan fingerprint density at radius 2 is 1.89 bits per heavy atom. The fraction of sp³-hybridized carbons (Fsp3) is 0.857. The summed E-state index contributed by atoms with van der Waals surface area (Å²) >= 11 is 1.72. The normalized spacial score (nSPS) is 23.6. The first-order valence-electron chi connectivity index (χ1n) is 7.39. The van der Waals surface area contributed by atoms with E-state index in [-0.39, 0.29) is 0 Å². The molecule has 1 aromatic heterocycles. The van der Waals surface area contributed by atoms with E-state index in [1.54, 1.807) is 11.3 Å². The molecule has 3 rings (SSSR count). The molecule has 1 aromatic rings. The Morgan fingerprint density at radius 3 is 2.50 bits per heavy atom. The van der Waals surface area contributed by atoms with E-state index in [9.17, 15) is 0 Å². The lowest BCUT2D eigenvalue weighted by molar-refractivity contribution is 0.188. The third-order valence-electron chi connectivity index (χ3n) is 4.81. The largest absolute Gasteiger partial charge is 0.357 e. The van der Waals surface area contributed by atoms with Crippen LogP contribution in [-0.2, 0) is 6.42 Å². The number of rotatable bonds is 3. The Labute approximate surface area is 113 Å². The third-order valence-corrected chi connectivity index (χ3v) is 5.81. The van der Waals surface area contributed by atoms with Crippen LogP contribution in [0.1, 0.15) is 63.3 Å². The van der Waals surface area contributed by atoms with Crippen molar-refractivity contribution in [1.82, 2.24) is 10.2 Å². The van der Waals surface area contributed by atoms with Gasteiger partial charge in [0.25, 0.3) is 0 Å². The van der Waals surface area contributed by atoms with Crippen LogP contribution in [0.15, 0.2) is 0 Å². The van der Waals surface area contributed by atoms with Crippen molar-refractivity contribution in [2.45, 2.75) is 70.8 Å². The summed E-state index contributed by atoms with van der Waals surface area (Å²) < 4.78 is 0. The van der Waals surface area contributed by atoms with E-state index < -0.39 is 0 Å². The van der Waals surface area contributed by atoms with E-state index in [1.165, 1.54) is 51.4 Å². The second-order valence-electron chi connectivity index (χ2n) is 5.98. The maximum atomic E-state index is 4.23. The Bertz CT molecular complexity index is 385. The highest BCUT2D eigenvalue weighted by Gasteiger charge is 2.37. The zero-order valence-electron chi connectivity index (χ0n) is 11.2. The standard InChI is InChI=1S/C14H23N3S/c1-2-12-16-17-13(18-12)15-11-5-9-14(10-6-11)7-3-4-8-14/h11H,2-10H2,1H3,(H,15,17). The molecule has 1 N–H and O–H groups in total. The van der Waals surface area contributed by atoms with Crippen molar-refractivity contribution in [2.24, 2.45) is 5.41 Å². The molecule has 2 saturated carbocycles. The number of aromatic nitrogens is 2. The van der Waals surface area contributed by atoms with E-state index in [0.29, 0.717) is 6.04 Å². The van der Waals surface area contributed by atoms with Gasteiger partial charge in [-0.15, -0.1) is 10.2 Å². The predicted molar refractivity (Wildman–Crippen MR) is 76.1 cm³/mol. The maximum absolute atomic E-state index is 4.23. The van der Waals surface area contributed by atoms with Crippen molar-refractivity contribution in [1.29, 1.82) is 0 Å². The van der Waals surface area contributed by atoms with Crippen LogP contribution in [0.4, 0.5) is 5.13 Å². The maximum Gasteiger partial charge on any atom is 0.205 e. The topological polar surface area (TPSA) is 37.8 Å². The summed E-state index contributed by atoms with van der Waals surface area (Å²) in [5.74, 6) is 0. The molecule has 0 aliphatic heterocycles. The van der Waals surface area contributed by atoms with Gasteiger partial charge < -0.3 is 5.32 Å². The molecule has 0 saturated heterocycles. The lowest BCUT2D eigenvalue weighted by atomic mass is 9.71. The molecule has 1 spiro atoms. The van der Waals surface area contributed by atoms with Gasteiger partial charge in [-0.05, 0) is 50.4 Å². The average molecular weight is 265 g/mol. The quantitative estimate of drug-likeness (QED) is 0.897. The molecule has 18 heavy (non-hydrogen) atoms. The first-order chi connectivity index (χ1) is 8.80. The fourth-order valence-electron chi connectivity index (χ4n) is 3.63. The van der Waals surface area contributed by atoms with Crippen LogP contribution in [0.25, 0.3) is 0 Å². The molecule has 2 aliphatic carbocycles. The molecule has 0 radical (unpaired) electrons. The monoisotopic (exact) mass is 265 g/mol. The summed E-state index contributed by atoms with van der Waals surface area (Å²) in [5.41, 5.74) is 0.730. The van der Waals surface area contributed by atoms with Gasteiger partial charge in [0.05, 0.1) is 0 Å². The van der Waals surface area contributed by atoms with Crippen LogP contribution >= 0.6 is 11.3 Å². The summed E-state index contributed by atoms with van der Waals surface area (Å²) in [7, 11) is 0. The van der Waals surface area contributed by atoms with Crippen molar-refractivity contribution < 1.29 is 0 Å².